The summed E-state index contributed by atoms with van der Waals surface area (Å²) >= 11 is 0. The molecule has 1 aromatic rings. The number of nitrogens with one attached hydrogen (secondary N) is 1. The predicted octanol–water partition coefficient (Wildman–Crippen LogP) is 1.64. The first-order valence-electron chi connectivity index (χ1n) is 5.57. The number of carbonyl (C=O) groups excluding carboxylic acids is 1. The van der Waals surface area contributed by atoms with Gasteiger partial charge in [0.05, 0.1) is 12.3 Å². The second-order valence-electron chi connectivity index (χ2n) is 3.37. The summed E-state index contributed by atoms with van der Waals surface area (Å²) in [6, 6.07) is 5.12. The quantitative estimate of drug-likeness (QED) is 0.739. The van der Waals surface area contributed by atoms with Crippen LogP contribution in [0.15, 0.2) is 18.2 Å². The molecule has 1 amide bonds. The van der Waals surface area contributed by atoms with Crippen molar-refractivity contribution in [1.29, 1.82) is 0 Å². The molecule has 0 bridgehead atoms. The first kappa shape index (κ1) is 13.3. The van der Waals surface area contributed by atoms with Gasteiger partial charge in [0.25, 0.3) is 0 Å². The highest BCUT2D eigenvalue weighted by Crippen LogP contribution is 2.25. The predicted molar refractivity (Wildman–Crippen MR) is 67.1 cm³/mol. The lowest BCUT2D eigenvalue weighted by Gasteiger charge is -2.10. The van der Waals surface area contributed by atoms with Crippen LogP contribution in [0.25, 0.3) is 0 Å². The minimum atomic E-state index is -0.195. The van der Waals surface area contributed by atoms with Gasteiger partial charge in [-0.1, -0.05) is 0 Å². The molecule has 1 aromatic carbocycles. The van der Waals surface area contributed by atoms with E-state index >= 15 is 0 Å². The normalized spacial score (nSPS) is 10.0. The summed E-state index contributed by atoms with van der Waals surface area (Å²) in [6.07, 6.45) is 0. The maximum Gasteiger partial charge on any atom is 0.250 e. The van der Waals surface area contributed by atoms with E-state index in [4.69, 9.17) is 15.2 Å². The monoisotopic (exact) mass is 238 g/mol. The number of amides is 1. The number of ether oxygens (including phenoxy) is 2. The third-order valence-corrected chi connectivity index (χ3v) is 2.03. The van der Waals surface area contributed by atoms with E-state index in [-0.39, 0.29) is 12.5 Å². The zero-order chi connectivity index (χ0) is 12.7. The molecule has 17 heavy (non-hydrogen) atoms. The van der Waals surface area contributed by atoms with Crippen molar-refractivity contribution in [3.63, 3.8) is 0 Å². The van der Waals surface area contributed by atoms with Crippen LogP contribution in [-0.2, 0) is 9.53 Å². The van der Waals surface area contributed by atoms with Crippen molar-refractivity contribution in [3.8, 4) is 5.75 Å². The molecule has 0 atom stereocenters. The highest BCUT2D eigenvalue weighted by molar-refractivity contribution is 5.92. The van der Waals surface area contributed by atoms with Crippen LogP contribution >= 0.6 is 0 Å². The van der Waals surface area contributed by atoms with Crippen molar-refractivity contribution in [2.75, 3.05) is 30.9 Å². The lowest BCUT2D eigenvalue weighted by Crippen LogP contribution is -2.18. The van der Waals surface area contributed by atoms with Crippen molar-refractivity contribution in [3.05, 3.63) is 18.2 Å². The number of hydrogen-bond acceptors (Lipinski definition) is 4. The molecule has 0 radical (unpaired) electrons. The van der Waals surface area contributed by atoms with E-state index in [2.05, 4.69) is 5.32 Å². The van der Waals surface area contributed by atoms with E-state index in [0.29, 0.717) is 30.3 Å². The topological polar surface area (TPSA) is 73.6 Å². The van der Waals surface area contributed by atoms with Crippen molar-refractivity contribution in [2.24, 2.45) is 0 Å². The van der Waals surface area contributed by atoms with Gasteiger partial charge in [0.2, 0.25) is 5.91 Å². The number of carbonyl (C=O) groups is 1. The Labute approximate surface area is 101 Å². The number of nitrogens with two attached hydrogens (primary N) is 1. The molecule has 0 fully saturated rings. The Morgan fingerprint density at radius 1 is 1.35 bits per heavy atom. The average molecular weight is 238 g/mol. The SMILES string of the molecule is CCOCC(=O)Nc1ccc(N)c(OCC)c1. The van der Waals surface area contributed by atoms with Crippen LogP contribution in [0.3, 0.4) is 0 Å². The molecular formula is C12H18N2O3. The van der Waals surface area contributed by atoms with Gasteiger partial charge in [-0.3, -0.25) is 4.79 Å². The molecule has 0 aliphatic carbocycles. The minimum absolute atomic E-state index is 0.0465. The minimum Gasteiger partial charge on any atom is -0.492 e. The fraction of sp³-hybridized carbons (Fsp3) is 0.417. The highest BCUT2D eigenvalue weighted by atomic mass is 16.5. The van der Waals surface area contributed by atoms with Crippen LogP contribution in [0.1, 0.15) is 13.8 Å². The molecule has 5 nitrogen and oxygen atoms in total. The molecule has 1 rings (SSSR count). The summed E-state index contributed by atoms with van der Waals surface area (Å²) in [5.41, 5.74) is 6.92. The maximum absolute atomic E-state index is 11.4. The van der Waals surface area contributed by atoms with Gasteiger partial charge in [-0.15, -0.1) is 0 Å². The van der Waals surface area contributed by atoms with Crippen LogP contribution in [0.4, 0.5) is 11.4 Å². The van der Waals surface area contributed by atoms with Crippen molar-refractivity contribution in [2.45, 2.75) is 13.8 Å². The largest absolute Gasteiger partial charge is 0.492 e. The van der Waals surface area contributed by atoms with Gasteiger partial charge in [-0.25, -0.2) is 0 Å². The molecule has 94 valence electrons. The summed E-state index contributed by atoms with van der Waals surface area (Å²) in [5.74, 6) is 0.376. The van der Waals surface area contributed by atoms with Gasteiger partial charge in [0, 0.05) is 18.4 Å². The number of anilines is 2. The summed E-state index contributed by atoms with van der Waals surface area (Å²) in [7, 11) is 0. The first-order valence-corrected chi connectivity index (χ1v) is 5.57. The molecule has 0 aliphatic rings. The van der Waals surface area contributed by atoms with Crippen LogP contribution in [-0.4, -0.2) is 25.7 Å². The molecule has 5 heteroatoms. The smallest absolute Gasteiger partial charge is 0.250 e. The first-order chi connectivity index (χ1) is 8.17. The molecule has 0 unspecified atom stereocenters. The average Bonchev–Trinajstić information content (AvgIpc) is 2.31. The van der Waals surface area contributed by atoms with Crippen LogP contribution < -0.4 is 15.8 Å². The molecular weight excluding hydrogens is 220 g/mol. The van der Waals surface area contributed by atoms with Crippen molar-refractivity contribution in [1.82, 2.24) is 0 Å². The van der Waals surface area contributed by atoms with Gasteiger partial charge < -0.3 is 20.5 Å². The van der Waals surface area contributed by atoms with Gasteiger partial charge >= 0.3 is 0 Å². The summed E-state index contributed by atoms with van der Waals surface area (Å²) in [5, 5.41) is 2.70. The summed E-state index contributed by atoms with van der Waals surface area (Å²) in [6.45, 7) is 4.80. The van der Waals surface area contributed by atoms with E-state index in [1.165, 1.54) is 0 Å². The van der Waals surface area contributed by atoms with Crippen molar-refractivity contribution < 1.29 is 14.3 Å². The molecule has 0 saturated carbocycles. The third kappa shape index (κ3) is 4.32. The zero-order valence-corrected chi connectivity index (χ0v) is 10.2. The number of nitrogen functional groups attached to an aromatic ring is 1. The van der Waals surface area contributed by atoms with Gasteiger partial charge in [0.1, 0.15) is 12.4 Å². The Kier molecular flexibility index (Phi) is 5.29. The van der Waals surface area contributed by atoms with E-state index in [1.54, 1.807) is 18.2 Å². The Morgan fingerprint density at radius 3 is 2.76 bits per heavy atom. The fourth-order valence-corrected chi connectivity index (χ4v) is 1.28. The number of rotatable bonds is 6. The van der Waals surface area contributed by atoms with Gasteiger partial charge in [0.15, 0.2) is 0 Å². The van der Waals surface area contributed by atoms with Crippen LogP contribution in [0.5, 0.6) is 5.75 Å². The number of hydrogen-bond donors (Lipinski definition) is 2. The number of benzene rings is 1. The lowest BCUT2D eigenvalue weighted by atomic mass is 10.2. The summed E-state index contributed by atoms with van der Waals surface area (Å²) < 4.78 is 10.3. The lowest BCUT2D eigenvalue weighted by molar-refractivity contribution is -0.120. The van der Waals surface area contributed by atoms with E-state index in [0.717, 1.165) is 0 Å². The molecule has 0 aromatic heterocycles. The van der Waals surface area contributed by atoms with Gasteiger partial charge in [-0.05, 0) is 26.0 Å². The molecule has 0 aliphatic heterocycles. The van der Waals surface area contributed by atoms with E-state index in [1.807, 2.05) is 13.8 Å². The van der Waals surface area contributed by atoms with E-state index in [9.17, 15) is 4.79 Å². The second kappa shape index (κ2) is 6.75. The summed E-state index contributed by atoms with van der Waals surface area (Å²) in [4.78, 5) is 11.4. The third-order valence-electron chi connectivity index (χ3n) is 2.03. The Morgan fingerprint density at radius 2 is 2.12 bits per heavy atom. The Balaban J connectivity index is 2.65. The van der Waals surface area contributed by atoms with E-state index < -0.39 is 0 Å². The zero-order valence-electron chi connectivity index (χ0n) is 10.2. The molecule has 0 saturated heterocycles. The molecule has 3 N–H and O–H groups in total. The van der Waals surface area contributed by atoms with Crippen LogP contribution in [0.2, 0.25) is 0 Å². The highest BCUT2D eigenvalue weighted by Gasteiger charge is 2.05. The standard InChI is InChI=1S/C12H18N2O3/c1-3-16-8-12(15)14-9-5-6-10(13)11(7-9)17-4-2/h5-7H,3-4,8,13H2,1-2H3,(H,14,15). The second-order valence-corrected chi connectivity index (χ2v) is 3.37. The molecule has 0 heterocycles. The Hall–Kier alpha value is -1.75. The Bertz CT molecular complexity index is 380. The maximum atomic E-state index is 11.4. The van der Waals surface area contributed by atoms with Gasteiger partial charge in [-0.2, -0.15) is 0 Å². The fourth-order valence-electron chi connectivity index (χ4n) is 1.28. The van der Waals surface area contributed by atoms with Crippen molar-refractivity contribution >= 4 is 17.3 Å². The van der Waals surface area contributed by atoms with Crippen LogP contribution in [0, 0.1) is 0 Å². The molecule has 0 spiro atoms.